The lowest BCUT2D eigenvalue weighted by atomic mass is 9.70. The van der Waals surface area contributed by atoms with Crippen molar-refractivity contribution in [2.45, 2.75) is 43.9 Å². The number of halogens is 2. The van der Waals surface area contributed by atoms with Crippen molar-refractivity contribution < 1.29 is 18.7 Å². The van der Waals surface area contributed by atoms with Crippen LogP contribution < -0.4 is 0 Å². The molecule has 2 N–H and O–H groups in total. The van der Waals surface area contributed by atoms with E-state index in [1.54, 1.807) is 6.92 Å². The number of aliphatic carboxylic acids is 1. The number of carboxylic acid groups (broad SMARTS) is 1. The first kappa shape index (κ1) is 12.0. The van der Waals surface area contributed by atoms with Crippen LogP contribution in [0.1, 0.15) is 37.1 Å². The minimum atomic E-state index is -2.75. The highest BCUT2D eigenvalue weighted by Crippen LogP contribution is 2.45. The van der Waals surface area contributed by atoms with Gasteiger partial charge in [-0.2, -0.15) is 0 Å². The summed E-state index contributed by atoms with van der Waals surface area (Å²) in [5.41, 5.74) is -0.232. The van der Waals surface area contributed by atoms with Crippen LogP contribution in [-0.4, -0.2) is 27.0 Å². The van der Waals surface area contributed by atoms with E-state index in [0.717, 1.165) is 0 Å². The fraction of sp³-hybridized carbons (Fsp3) is 0.636. The summed E-state index contributed by atoms with van der Waals surface area (Å²) in [5, 5.41) is 9.36. The largest absolute Gasteiger partial charge is 0.481 e. The average molecular weight is 244 g/mol. The van der Waals surface area contributed by atoms with E-state index in [4.69, 9.17) is 0 Å². The Bertz CT molecular complexity index is 432. The number of carboxylic acids is 1. The Labute approximate surface area is 97.1 Å². The number of aromatic amines is 1. The Hall–Kier alpha value is -1.46. The monoisotopic (exact) mass is 244 g/mol. The van der Waals surface area contributed by atoms with E-state index >= 15 is 0 Å². The fourth-order valence-corrected chi connectivity index (χ4v) is 2.44. The molecule has 1 saturated carbocycles. The van der Waals surface area contributed by atoms with Gasteiger partial charge in [0, 0.05) is 18.5 Å². The molecule has 1 aromatic heterocycles. The average Bonchev–Trinajstić information content (AvgIpc) is 2.65. The van der Waals surface area contributed by atoms with Crippen molar-refractivity contribution in [1.82, 2.24) is 9.97 Å². The number of imidazole rings is 1. The molecule has 94 valence electrons. The predicted octanol–water partition coefficient (Wildman–Crippen LogP) is 2.25. The van der Waals surface area contributed by atoms with E-state index < -0.39 is 30.1 Å². The van der Waals surface area contributed by atoms with Gasteiger partial charge < -0.3 is 10.1 Å². The number of aryl methyl sites for hydroxylation is 1. The van der Waals surface area contributed by atoms with Gasteiger partial charge in [-0.15, -0.1) is 0 Å². The van der Waals surface area contributed by atoms with Crippen molar-refractivity contribution >= 4 is 5.97 Å². The topological polar surface area (TPSA) is 66.0 Å². The van der Waals surface area contributed by atoms with Crippen molar-refractivity contribution in [3.63, 3.8) is 0 Å². The number of hydrogen-bond acceptors (Lipinski definition) is 2. The predicted molar refractivity (Wildman–Crippen MR) is 56.1 cm³/mol. The molecular formula is C11H14F2N2O2. The van der Waals surface area contributed by atoms with Crippen LogP contribution in [0.4, 0.5) is 8.78 Å². The van der Waals surface area contributed by atoms with Crippen LogP contribution in [0.25, 0.3) is 0 Å². The van der Waals surface area contributed by atoms with Crippen LogP contribution in [-0.2, 0) is 10.2 Å². The van der Waals surface area contributed by atoms with Gasteiger partial charge in [0.2, 0.25) is 5.92 Å². The molecule has 0 aromatic carbocycles. The first-order valence-electron chi connectivity index (χ1n) is 5.49. The molecule has 1 fully saturated rings. The molecule has 6 heteroatoms. The van der Waals surface area contributed by atoms with Gasteiger partial charge in [-0.1, -0.05) is 0 Å². The van der Waals surface area contributed by atoms with Gasteiger partial charge in [0.15, 0.2) is 0 Å². The van der Waals surface area contributed by atoms with Crippen molar-refractivity contribution in [3.05, 3.63) is 17.7 Å². The third-order valence-electron chi connectivity index (χ3n) is 3.53. The van der Waals surface area contributed by atoms with E-state index in [-0.39, 0.29) is 12.8 Å². The van der Waals surface area contributed by atoms with Crippen molar-refractivity contribution in [2.24, 2.45) is 0 Å². The second kappa shape index (κ2) is 3.78. The Morgan fingerprint density at radius 3 is 2.41 bits per heavy atom. The second-order valence-corrected chi connectivity index (χ2v) is 4.62. The zero-order valence-corrected chi connectivity index (χ0v) is 9.46. The second-order valence-electron chi connectivity index (χ2n) is 4.62. The number of aromatic nitrogens is 2. The molecular weight excluding hydrogens is 230 g/mol. The van der Waals surface area contributed by atoms with Crippen LogP contribution in [0.2, 0.25) is 0 Å². The normalized spacial score (nSPS) is 22.3. The lowest BCUT2D eigenvalue weighted by Gasteiger charge is -2.35. The van der Waals surface area contributed by atoms with E-state index in [2.05, 4.69) is 9.97 Å². The van der Waals surface area contributed by atoms with Gasteiger partial charge in [-0.05, 0) is 19.8 Å². The summed E-state index contributed by atoms with van der Waals surface area (Å²) in [6, 6.07) is 0. The molecule has 2 rings (SSSR count). The van der Waals surface area contributed by atoms with Crippen LogP contribution in [0.5, 0.6) is 0 Å². The van der Waals surface area contributed by atoms with Gasteiger partial charge in [0.05, 0.1) is 12.0 Å². The molecule has 1 aliphatic rings. The molecule has 0 bridgehead atoms. The molecule has 0 aliphatic heterocycles. The van der Waals surface area contributed by atoms with Gasteiger partial charge in [0.25, 0.3) is 0 Å². The number of H-pyrrole nitrogens is 1. The summed E-state index contributed by atoms with van der Waals surface area (Å²) in [7, 11) is 0. The molecule has 0 amide bonds. The molecule has 1 heterocycles. The Balaban J connectivity index is 2.37. The van der Waals surface area contributed by atoms with E-state index in [9.17, 15) is 18.7 Å². The molecule has 4 nitrogen and oxygen atoms in total. The standard InChI is InChI=1S/C11H14F2N2O2/c1-7-8(15-6-14-7)10(9(16)17)2-4-11(12,13)5-3-10/h6H,2-5H2,1H3,(H,14,15)(H,16,17). The highest BCUT2D eigenvalue weighted by atomic mass is 19.3. The molecule has 1 aromatic rings. The first-order valence-corrected chi connectivity index (χ1v) is 5.49. The van der Waals surface area contributed by atoms with E-state index in [1.165, 1.54) is 6.33 Å². The molecule has 0 unspecified atom stereocenters. The van der Waals surface area contributed by atoms with Gasteiger partial charge in [0.1, 0.15) is 5.41 Å². The summed E-state index contributed by atoms with van der Waals surface area (Å²) < 4.78 is 26.3. The van der Waals surface area contributed by atoms with Crippen LogP contribution >= 0.6 is 0 Å². The molecule has 1 aliphatic carbocycles. The van der Waals surface area contributed by atoms with Crippen molar-refractivity contribution in [2.75, 3.05) is 0 Å². The third-order valence-corrected chi connectivity index (χ3v) is 3.53. The lowest BCUT2D eigenvalue weighted by Crippen LogP contribution is -2.43. The Morgan fingerprint density at radius 2 is 2.00 bits per heavy atom. The molecule has 0 radical (unpaired) electrons. The quantitative estimate of drug-likeness (QED) is 0.838. The summed E-state index contributed by atoms with van der Waals surface area (Å²) in [5.74, 6) is -3.81. The minimum absolute atomic E-state index is 0.0684. The zero-order valence-electron chi connectivity index (χ0n) is 9.46. The minimum Gasteiger partial charge on any atom is -0.481 e. The smallest absolute Gasteiger partial charge is 0.315 e. The first-order chi connectivity index (χ1) is 7.87. The molecule has 0 atom stereocenters. The summed E-state index contributed by atoms with van der Waals surface area (Å²) in [6.45, 7) is 1.71. The van der Waals surface area contributed by atoms with Crippen LogP contribution in [0.15, 0.2) is 6.33 Å². The Morgan fingerprint density at radius 1 is 1.41 bits per heavy atom. The van der Waals surface area contributed by atoms with Crippen LogP contribution in [0.3, 0.4) is 0 Å². The SMILES string of the molecule is Cc1[nH]cnc1C1(C(=O)O)CCC(F)(F)CC1. The number of alkyl halides is 2. The van der Waals surface area contributed by atoms with E-state index in [1.807, 2.05) is 0 Å². The number of nitrogens with one attached hydrogen (secondary N) is 1. The summed E-state index contributed by atoms with van der Waals surface area (Å²) in [4.78, 5) is 18.2. The summed E-state index contributed by atoms with van der Waals surface area (Å²) in [6.07, 6.45) is 0.474. The number of carbonyl (C=O) groups is 1. The maximum absolute atomic E-state index is 13.1. The highest BCUT2D eigenvalue weighted by molar-refractivity contribution is 5.81. The van der Waals surface area contributed by atoms with Crippen molar-refractivity contribution in [1.29, 1.82) is 0 Å². The Kier molecular flexibility index (Phi) is 2.67. The number of rotatable bonds is 2. The van der Waals surface area contributed by atoms with Gasteiger partial charge in [-0.25, -0.2) is 13.8 Å². The summed E-state index contributed by atoms with van der Waals surface area (Å²) >= 11 is 0. The highest BCUT2D eigenvalue weighted by Gasteiger charge is 2.50. The fourth-order valence-electron chi connectivity index (χ4n) is 2.44. The number of hydrogen-bond donors (Lipinski definition) is 2. The maximum atomic E-state index is 13.1. The zero-order chi connectivity index (χ0) is 12.7. The molecule has 17 heavy (non-hydrogen) atoms. The van der Waals surface area contributed by atoms with Crippen molar-refractivity contribution in [3.8, 4) is 0 Å². The molecule has 0 saturated heterocycles. The van der Waals surface area contributed by atoms with Gasteiger partial charge in [-0.3, -0.25) is 4.79 Å². The molecule has 0 spiro atoms. The van der Waals surface area contributed by atoms with E-state index in [0.29, 0.717) is 11.4 Å². The van der Waals surface area contributed by atoms with Crippen LogP contribution in [0, 0.1) is 6.92 Å². The number of nitrogens with zero attached hydrogens (tertiary/aromatic N) is 1. The maximum Gasteiger partial charge on any atom is 0.315 e. The third kappa shape index (κ3) is 1.92. The van der Waals surface area contributed by atoms with Gasteiger partial charge >= 0.3 is 5.97 Å². The lowest BCUT2D eigenvalue weighted by molar-refractivity contribution is -0.149.